The molecule has 0 fully saturated rings. The van der Waals surface area contributed by atoms with E-state index in [2.05, 4.69) is 30.8 Å². The Morgan fingerprint density at radius 2 is 2.07 bits per heavy atom. The Morgan fingerprint density at radius 1 is 1.30 bits per heavy atom. The van der Waals surface area contributed by atoms with E-state index in [1.807, 2.05) is 17.5 Å². The molecule has 1 aromatic carbocycles. The van der Waals surface area contributed by atoms with Crippen molar-refractivity contribution in [2.75, 3.05) is 22.3 Å². The van der Waals surface area contributed by atoms with Crippen LogP contribution in [0.5, 0.6) is 5.75 Å². The zero-order chi connectivity index (χ0) is 21.6. The minimum absolute atomic E-state index is 0.0470. The number of aromatic nitrogens is 3. The molecule has 0 atom stereocenters. The normalized spacial score (nSPS) is 11.6. The molecule has 9 nitrogen and oxygen atoms in total. The van der Waals surface area contributed by atoms with Gasteiger partial charge in [-0.25, -0.2) is 10.1 Å². The Kier molecular flexibility index (Phi) is 6.79. The minimum Gasteiger partial charge on any atom is -0.406 e. The summed E-state index contributed by atoms with van der Waals surface area (Å²) >= 11 is 2.54. The van der Waals surface area contributed by atoms with Crippen LogP contribution in [-0.2, 0) is 4.79 Å². The number of anilines is 2. The molecule has 2 heterocycles. The number of ether oxygens (including phenoxy) is 1. The molecular formula is C16H14F3N7O2S2. The lowest BCUT2D eigenvalue weighted by Crippen LogP contribution is -2.18. The first-order chi connectivity index (χ1) is 14.3. The number of hydrogen-bond donors (Lipinski definition) is 3. The van der Waals surface area contributed by atoms with E-state index < -0.39 is 12.3 Å². The fraction of sp³-hybridized carbons (Fsp3) is 0.125. The van der Waals surface area contributed by atoms with Crippen LogP contribution in [0.4, 0.5) is 24.8 Å². The van der Waals surface area contributed by atoms with E-state index in [-0.39, 0.29) is 22.6 Å². The van der Waals surface area contributed by atoms with E-state index in [0.717, 1.165) is 33.4 Å². The van der Waals surface area contributed by atoms with Gasteiger partial charge in [0.15, 0.2) is 0 Å². The van der Waals surface area contributed by atoms with Crippen molar-refractivity contribution in [3.8, 4) is 5.75 Å². The molecule has 0 saturated carbocycles. The summed E-state index contributed by atoms with van der Waals surface area (Å²) < 4.78 is 41.4. The van der Waals surface area contributed by atoms with Crippen LogP contribution in [0.25, 0.3) is 0 Å². The summed E-state index contributed by atoms with van der Waals surface area (Å²) in [6, 6.07) is 8.57. The zero-order valence-corrected chi connectivity index (χ0v) is 16.6. The average molecular weight is 457 g/mol. The molecule has 0 aliphatic heterocycles. The number of hydrazone groups is 1. The Morgan fingerprint density at radius 3 is 2.73 bits per heavy atom. The van der Waals surface area contributed by atoms with Crippen molar-refractivity contribution in [1.82, 2.24) is 14.9 Å². The molecule has 4 N–H and O–H groups in total. The van der Waals surface area contributed by atoms with Gasteiger partial charge >= 0.3 is 6.36 Å². The predicted molar refractivity (Wildman–Crippen MR) is 108 cm³/mol. The zero-order valence-electron chi connectivity index (χ0n) is 15.0. The lowest BCUT2D eigenvalue weighted by atomic mass is 10.3. The van der Waals surface area contributed by atoms with E-state index in [1.165, 1.54) is 23.5 Å². The maximum atomic E-state index is 12.2. The second-order valence-corrected chi connectivity index (χ2v) is 7.39. The third-order valence-electron chi connectivity index (χ3n) is 3.27. The number of nitrogens with zero attached hydrogens (tertiary/aromatic N) is 4. The molecule has 0 bridgehead atoms. The third-order valence-corrected chi connectivity index (χ3v) is 5.02. The van der Waals surface area contributed by atoms with E-state index in [0.29, 0.717) is 5.69 Å². The summed E-state index contributed by atoms with van der Waals surface area (Å²) in [4.78, 5) is 13.0. The molecule has 0 radical (unpaired) electrons. The number of nitrogens with two attached hydrogens (primary N) is 1. The number of thioether (sulfide) groups is 1. The van der Waals surface area contributed by atoms with Gasteiger partial charge in [-0.1, -0.05) is 17.8 Å². The number of amides is 1. The second kappa shape index (κ2) is 9.49. The van der Waals surface area contributed by atoms with Crippen molar-refractivity contribution in [3.63, 3.8) is 0 Å². The van der Waals surface area contributed by atoms with Crippen LogP contribution in [0.3, 0.4) is 0 Å². The number of rotatable bonds is 8. The lowest BCUT2D eigenvalue weighted by Gasteiger charge is -2.09. The SMILES string of the molecule is Nn1c(N/N=C/c2cccs2)nnc1SCC(=O)Nc1ccc(OC(F)(F)F)cc1. The molecule has 0 aliphatic rings. The number of alkyl halides is 3. The predicted octanol–water partition coefficient (Wildman–Crippen LogP) is 3.13. The highest BCUT2D eigenvalue weighted by molar-refractivity contribution is 7.99. The number of thiophene rings is 1. The highest BCUT2D eigenvalue weighted by Crippen LogP contribution is 2.24. The summed E-state index contributed by atoms with van der Waals surface area (Å²) in [6.07, 6.45) is -3.17. The van der Waals surface area contributed by atoms with Crippen molar-refractivity contribution < 1.29 is 22.7 Å². The number of benzene rings is 1. The topological polar surface area (TPSA) is 119 Å². The number of carbonyl (C=O) groups excluding carboxylic acids is 1. The van der Waals surface area contributed by atoms with Crippen molar-refractivity contribution in [2.45, 2.75) is 11.5 Å². The van der Waals surface area contributed by atoms with Gasteiger partial charge in [-0.2, -0.15) is 5.10 Å². The van der Waals surface area contributed by atoms with Crippen LogP contribution in [-0.4, -0.2) is 39.1 Å². The second-order valence-electron chi connectivity index (χ2n) is 5.47. The Hall–Kier alpha value is -3.26. The van der Waals surface area contributed by atoms with Crippen molar-refractivity contribution in [3.05, 3.63) is 46.7 Å². The van der Waals surface area contributed by atoms with Crippen molar-refractivity contribution >= 4 is 46.9 Å². The number of nitrogen functional groups attached to an aromatic ring is 1. The van der Waals surface area contributed by atoms with E-state index in [4.69, 9.17) is 5.84 Å². The smallest absolute Gasteiger partial charge is 0.406 e. The van der Waals surface area contributed by atoms with E-state index >= 15 is 0 Å². The first-order valence-corrected chi connectivity index (χ1v) is 9.98. The van der Waals surface area contributed by atoms with Gasteiger partial charge in [0.2, 0.25) is 11.1 Å². The Bertz CT molecular complexity index is 1010. The van der Waals surface area contributed by atoms with Crippen LogP contribution >= 0.6 is 23.1 Å². The quantitative estimate of drug-likeness (QED) is 0.206. The van der Waals surface area contributed by atoms with Gasteiger partial charge in [0.05, 0.1) is 12.0 Å². The number of halogens is 3. The van der Waals surface area contributed by atoms with E-state index in [1.54, 1.807) is 6.21 Å². The standard InChI is InChI=1S/C16H14F3N7O2S2/c17-16(18,19)28-11-5-3-10(4-6-11)22-13(27)9-30-15-25-24-14(26(15)20)23-21-8-12-2-1-7-29-12/h1-8H,9,20H2,(H,22,27)(H,23,24)/b21-8+. The van der Waals surface area contributed by atoms with Crippen molar-refractivity contribution in [1.29, 1.82) is 0 Å². The third kappa shape index (κ3) is 6.38. The largest absolute Gasteiger partial charge is 0.573 e. The first kappa shape index (κ1) is 21.4. The fourth-order valence-corrected chi connectivity index (χ4v) is 3.28. The summed E-state index contributed by atoms with van der Waals surface area (Å²) in [5.74, 6) is 5.22. The molecule has 158 valence electrons. The summed E-state index contributed by atoms with van der Waals surface area (Å²) in [5.41, 5.74) is 2.97. The number of nitrogens with one attached hydrogen (secondary N) is 2. The molecule has 30 heavy (non-hydrogen) atoms. The minimum atomic E-state index is -4.78. The van der Waals surface area contributed by atoms with Crippen LogP contribution in [0.15, 0.2) is 52.0 Å². The van der Waals surface area contributed by atoms with Crippen LogP contribution in [0.2, 0.25) is 0 Å². The summed E-state index contributed by atoms with van der Waals surface area (Å²) in [7, 11) is 0. The number of hydrogen-bond acceptors (Lipinski definition) is 9. The first-order valence-electron chi connectivity index (χ1n) is 8.12. The van der Waals surface area contributed by atoms with Crippen LogP contribution < -0.4 is 21.3 Å². The molecule has 3 aromatic rings. The van der Waals surface area contributed by atoms with Gasteiger partial charge in [-0.15, -0.1) is 34.7 Å². The highest BCUT2D eigenvalue weighted by atomic mass is 32.2. The molecule has 3 rings (SSSR count). The van der Waals surface area contributed by atoms with Gasteiger partial charge in [0.25, 0.3) is 5.95 Å². The van der Waals surface area contributed by atoms with Gasteiger partial charge in [-0.3, -0.25) is 4.79 Å². The molecule has 0 unspecified atom stereocenters. The van der Waals surface area contributed by atoms with Gasteiger partial charge in [-0.05, 0) is 35.7 Å². The maximum Gasteiger partial charge on any atom is 0.573 e. The number of carbonyl (C=O) groups is 1. The van der Waals surface area contributed by atoms with Gasteiger partial charge < -0.3 is 15.9 Å². The molecule has 0 spiro atoms. The molecule has 14 heteroatoms. The van der Waals surface area contributed by atoms with Gasteiger partial charge in [0.1, 0.15) is 5.75 Å². The molecule has 2 aromatic heterocycles. The lowest BCUT2D eigenvalue weighted by molar-refractivity contribution is -0.274. The Balaban J connectivity index is 1.48. The summed E-state index contributed by atoms with van der Waals surface area (Å²) in [6.45, 7) is 0. The Labute approximate surface area is 176 Å². The van der Waals surface area contributed by atoms with E-state index in [9.17, 15) is 18.0 Å². The maximum absolute atomic E-state index is 12.2. The monoisotopic (exact) mass is 457 g/mol. The molecule has 0 saturated heterocycles. The molecular weight excluding hydrogens is 443 g/mol. The average Bonchev–Trinajstić information content (AvgIpc) is 3.31. The van der Waals surface area contributed by atoms with Crippen molar-refractivity contribution in [2.24, 2.45) is 5.10 Å². The van der Waals surface area contributed by atoms with Crippen LogP contribution in [0.1, 0.15) is 4.88 Å². The fourth-order valence-electron chi connectivity index (χ4n) is 2.04. The highest BCUT2D eigenvalue weighted by Gasteiger charge is 2.30. The molecule has 1 amide bonds. The summed E-state index contributed by atoms with van der Waals surface area (Å²) in [5, 5.41) is 16.4. The van der Waals surface area contributed by atoms with Gasteiger partial charge in [0, 0.05) is 10.6 Å². The van der Waals surface area contributed by atoms with Crippen LogP contribution in [0, 0.1) is 0 Å². The molecule has 0 aliphatic carbocycles.